The summed E-state index contributed by atoms with van der Waals surface area (Å²) in [6.45, 7) is 1.96. The van der Waals surface area contributed by atoms with Crippen molar-refractivity contribution in [1.82, 2.24) is 15.6 Å². The molecule has 0 saturated carbocycles. The van der Waals surface area contributed by atoms with E-state index in [9.17, 15) is 4.79 Å². The topological polar surface area (TPSA) is 54.0 Å². The van der Waals surface area contributed by atoms with E-state index in [2.05, 4.69) is 21.7 Å². The highest BCUT2D eigenvalue weighted by atomic mass is 32.1. The van der Waals surface area contributed by atoms with Crippen LogP contribution in [0.2, 0.25) is 0 Å². The monoisotopic (exact) mass is 287 g/mol. The van der Waals surface area contributed by atoms with Crippen LogP contribution in [0.3, 0.4) is 0 Å². The van der Waals surface area contributed by atoms with Crippen molar-refractivity contribution in [2.24, 2.45) is 0 Å². The Morgan fingerprint density at radius 1 is 1.50 bits per heavy atom. The minimum atomic E-state index is -0.0391. The predicted octanol–water partition coefficient (Wildman–Crippen LogP) is 2.23. The molecule has 4 heterocycles. The minimum Gasteiger partial charge on any atom is -0.346 e. The lowest BCUT2D eigenvalue weighted by atomic mass is 9.95. The quantitative estimate of drug-likeness (QED) is 0.890. The molecule has 20 heavy (non-hydrogen) atoms. The minimum absolute atomic E-state index is 0.0391. The van der Waals surface area contributed by atoms with Gasteiger partial charge in [-0.05, 0) is 43.7 Å². The molecule has 104 valence electrons. The zero-order valence-corrected chi connectivity index (χ0v) is 12.2. The standard InChI is InChI=1S/C15H17N3OS/c1-8-10-4-5-20-14(10)7-13(16-8)15(19)18-12-6-9-2-3-11(12)17-9/h4-5,7,9,11-12,17H,2-3,6H2,1H3,(H,18,19)/t9-,11+,12-/m1/s1. The Labute approximate surface area is 121 Å². The molecule has 2 aliphatic rings. The van der Waals surface area contributed by atoms with Gasteiger partial charge in [-0.1, -0.05) is 0 Å². The van der Waals surface area contributed by atoms with Crippen molar-refractivity contribution >= 4 is 27.3 Å². The van der Waals surface area contributed by atoms with E-state index in [1.807, 2.05) is 18.4 Å². The molecule has 2 N–H and O–H groups in total. The van der Waals surface area contributed by atoms with Crippen LogP contribution in [-0.2, 0) is 0 Å². The third-order valence-corrected chi connectivity index (χ3v) is 5.35. The summed E-state index contributed by atoms with van der Waals surface area (Å²) in [5.41, 5.74) is 1.47. The van der Waals surface area contributed by atoms with Crippen molar-refractivity contribution in [3.63, 3.8) is 0 Å². The summed E-state index contributed by atoms with van der Waals surface area (Å²) in [4.78, 5) is 16.8. The molecule has 0 spiro atoms. The highest BCUT2D eigenvalue weighted by Gasteiger charge is 2.39. The van der Waals surface area contributed by atoms with Gasteiger partial charge < -0.3 is 10.6 Å². The number of nitrogens with one attached hydrogen (secondary N) is 2. The van der Waals surface area contributed by atoms with Gasteiger partial charge in [0.05, 0.1) is 0 Å². The van der Waals surface area contributed by atoms with Crippen molar-refractivity contribution in [2.45, 2.75) is 44.3 Å². The number of hydrogen-bond donors (Lipinski definition) is 2. The fraction of sp³-hybridized carbons (Fsp3) is 0.467. The van der Waals surface area contributed by atoms with E-state index in [1.165, 1.54) is 12.8 Å². The van der Waals surface area contributed by atoms with Gasteiger partial charge in [0.2, 0.25) is 0 Å². The summed E-state index contributed by atoms with van der Waals surface area (Å²) >= 11 is 1.66. The van der Waals surface area contributed by atoms with Crippen LogP contribution >= 0.6 is 11.3 Å². The lowest BCUT2D eigenvalue weighted by Crippen LogP contribution is -2.43. The van der Waals surface area contributed by atoms with Crippen LogP contribution < -0.4 is 10.6 Å². The van der Waals surface area contributed by atoms with Crippen molar-refractivity contribution in [3.05, 3.63) is 28.9 Å². The molecule has 5 heteroatoms. The van der Waals surface area contributed by atoms with E-state index in [1.54, 1.807) is 11.3 Å². The highest BCUT2D eigenvalue weighted by Crippen LogP contribution is 2.29. The summed E-state index contributed by atoms with van der Waals surface area (Å²) in [5, 5.41) is 9.88. The van der Waals surface area contributed by atoms with Crippen molar-refractivity contribution in [2.75, 3.05) is 0 Å². The van der Waals surface area contributed by atoms with Gasteiger partial charge in [0, 0.05) is 33.9 Å². The molecule has 2 aromatic rings. The molecule has 0 radical (unpaired) electrons. The first-order valence-electron chi connectivity index (χ1n) is 7.12. The van der Waals surface area contributed by atoms with Gasteiger partial charge in [0.25, 0.3) is 5.91 Å². The average molecular weight is 287 g/mol. The van der Waals surface area contributed by atoms with Crippen LogP contribution in [0.5, 0.6) is 0 Å². The largest absolute Gasteiger partial charge is 0.346 e. The van der Waals surface area contributed by atoms with Crippen LogP contribution in [0.1, 0.15) is 35.4 Å². The Balaban J connectivity index is 1.57. The normalized spacial score (nSPS) is 28.1. The number of nitrogens with zero attached hydrogens (tertiary/aromatic N) is 1. The Morgan fingerprint density at radius 3 is 3.15 bits per heavy atom. The van der Waals surface area contributed by atoms with E-state index in [4.69, 9.17) is 0 Å². The van der Waals surface area contributed by atoms with E-state index >= 15 is 0 Å². The van der Waals surface area contributed by atoms with Gasteiger partial charge in [-0.3, -0.25) is 4.79 Å². The Kier molecular flexibility index (Phi) is 2.79. The molecule has 0 aliphatic carbocycles. The summed E-state index contributed by atoms with van der Waals surface area (Å²) < 4.78 is 1.13. The second kappa shape index (κ2) is 4.53. The van der Waals surface area contributed by atoms with Crippen LogP contribution in [0, 0.1) is 6.92 Å². The van der Waals surface area contributed by atoms with Crippen LogP contribution in [0.4, 0.5) is 0 Å². The first-order chi connectivity index (χ1) is 9.70. The third-order valence-electron chi connectivity index (χ3n) is 4.49. The molecule has 2 aromatic heterocycles. The SMILES string of the molecule is Cc1nc(C(=O)N[C@@H]2C[C@H]3CC[C@@H]2N3)cc2sccc12. The molecule has 2 saturated heterocycles. The molecule has 1 amide bonds. The Bertz CT molecular complexity index is 681. The molecular formula is C15H17N3OS. The van der Waals surface area contributed by atoms with E-state index in [0.717, 1.165) is 22.2 Å². The second-order valence-corrected chi connectivity index (χ2v) is 6.74. The van der Waals surface area contributed by atoms with E-state index < -0.39 is 0 Å². The van der Waals surface area contributed by atoms with Gasteiger partial charge in [-0.15, -0.1) is 11.3 Å². The first kappa shape index (κ1) is 12.3. The molecule has 2 fully saturated rings. The van der Waals surface area contributed by atoms with Gasteiger partial charge in [-0.2, -0.15) is 0 Å². The number of carbonyl (C=O) groups excluding carboxylic acids is 1. The van der Waals surface area contributed by atoms with Gasteiger partial charge in [-0.25, -0.2) is 4.98 Å². The van der Waals surface area contributed by atoms with Crippen LogP contribution in [-0.4, -0.2) is 29.0 Å². The fourth-order valence-corrected chi connectivity index (χ4v) is 4.34. The maximum Gasteiger partial charge on any atom is 0.270 e. The number of carbonyl (C=O) groups is 1. The maximum atomic E-state index is 12.4. The molecule has 2 aliphatic heterocycles. The smallest absolute Gasteiger partial charge is 0.270 e. The molecule has 3 atom stereocenters. The van der Waals surface area contributed by atoms with Gasteiger partial charge in [0.15, 0.2) is 0 Å². The molecule has 0 aromatic carbocycles. The van der Waals surface area contributed by atoms with Crippen molar-refractivity contribution in [3.8, 4) is 0 Å². The predicted molar refractivity (Wildman–Crippen MR) is 80.2 cm³/mol. The number of hydrogen-bond acceptors (Lipinski definition) is 4. The second-order valence-electron chi connectivity index (χ2n) is 5.79. The Hall–Kier alpha value is -1.46. The molecule has 2 bridgehead atoms. The van der Waals surface area contributed by atoms with E-state index in [-0.39, 0.29) is 11.9 Å². The summed E-state index contributed by atoms with van der Waals surface area (Å²) in [7, 11) is 0. The van der Waals surface area contributed by atoms with Gasteiger partial charge >= 0.3 is 0 Å². The number of aryl methyl sites for hydroxylation is 1. The van der Waals surface area contributed by atoms with Crippen molar-refractivity contribution in [1.29, 1.82) is 0 Å². The average Bonchev–Trinajstić information content (AvgIpc) is 3.13. The highest BCUT2D eigenvalue weighted by molar-refractivity contribution is 7.17. The Morgan fingerprint density at radius 2 is 2.40 bits per heavy atom. The van der Waals surface area contributed by atoms with Crippen LogP contribution in [0.15, 0.2) is 17.5 Å². The number of fused-ring (bicyclic) bond motifs is 3. The number of rotatable bonds is 2. The zero-order chi connectivity index (χ0) is 13.7. The van der Waals surface area contributed by atoms with E-state index in [0.29, 0.717) is 17.8 Å². The number of amides is 1. The number of aromatic nitrogens is 1. The molecule has 0 unspecified atom stereocenters. The lowest BCUT2D eigenvalue weighted by molar-refractivity contribution is 0.0926. The first-order valence-corrected chi connectivity index (χ1v) is 8.00. The summed E-state index contributed by atoms with van der Waals surface area (Å²) in [6, 6.07) is 5.28. The van der Waals surface area contributed by atoms with Gasteiger partial charge in [0.1, 0.15) is 5.69 Å². The number of pyridine rings is 1. The number of thiophene rings is 1. The zero-order valence-electron chi connectivity index (χ0n) is 11.3. The molecular weight excluding hydrogens is 270 g/mol. The maximum absolute atomic E-state index is 12.4. The summed E-state index contributed by atoms with van der Waals surface area (Å²) in [6.07, 6.45) is 3.47. The molecule has 4 rings (SSSR count). The summed E-state index contributed by atoms with van der Waals surface area (Å²) in [5.74, 6) is -0.0391. The molecule has 4 nitrogen and oxygen atoms in total. The lowest BCUT2D eigenvalue weighted by Gasteiger charge is -2.21. The fourth-order valence-electron chi connectivity index (χ4n) is 3.47. The van der Waals surface area contributed by atoms with Crippen LogP contribution in [0.25, 0.3) is 10.1 Å². The third kappa shape index (κ3) is 1.93. The van der Waals surface area contributed by atoms with Crippen molar-refractivity contribution < 1.29 is 4.79 Å².